The van der Waals surface area contributed by atoms with Crippen LogP contribution < -0.4 is 0 Å². The van der Waals surface area contributed by atoms with Gasteiger partial charge in [0.1, 0.15) is 0 Å². The monoisotopic (exact) mass is 125 g/mol. The molecule has 0 rings (SSSR count). The summed E-state index contributed by atoms with van der Waals surface area (Å²) in [6, 6.07) is 0. The third kappa shape index (κ3) is 5.28. The second-order valence-corrected chi connectivity index (χ2v) is 2.03. The number of rotatable bonds is 3. The third-order valence-electron chi connectivity index (χ3n) is 1.29. The van der Waals surface area contributed by atoms with Gasteiger partial charge >= 0.3 is 0 Å². The van der Waals surface area contributed by atoms with Gasteiger partial charge in [-0.25, -0.2) is 0 Å². The van der Waals surface area contributed by atoms with Crippen LogP contribution in [0.3, 0.4) is 0 Å². The van der Waals surface area contributed by atoms with Gasteiger partial charge in [-0.1, -0.05) is 18.6 Å². The lowest BCUT2D eigenvalue weighted by atomic mass is 10.2. The summed E-state index contributed by atoms with van der Waals surface area (Å²) in [7, 11) is 0. The zero-order chi connectivity index (χ0) is 7.11. The molecule has 0 aromatic rings. The molecule has 0 aromatic heterocycles. The summed E-state index contributed by atoms with van der Waals surface area (Å²) >= 11 is 0. The quantitative estimate of drug-likeness (QED) is 0.406. The summed E-state index contributed by atoms with van der Waals surface area (Å²) in [5.41, 5.74) is 1.42. The van der Waals surface area contributed by atoms with Crippen molar-refractivity contribution in [3.05, 3.63) is 11.6 Å². The maximum Gasteiger partial charge on any atom is 0.0568 e. The van der Waals surface area contributed by atoms with Gasteiger partial charge in [0.2, 0.25) is 0 Å². The Morgan fingerprint density at radius 3 is 2.67 bits per heavy atom. The van der Waals surface area contributed by atoms with Crippen molar-refractivity contribution in [3.63, 3.8) is 0 Å². The molecule has 1 heteroatoms. The molecule has 0 unspecified atom stereocenters. The maximum atomic E-state index is 4.06. The molecule has 0 bridgehead atoms. The van der Waals surface area contributed by atoms with Gasteiger partial charge in [0.25, 0.3) is 0 Å². The molecule has 0 heterocycles. The zero-order valence-corrected chi connectivity index (χ0v) is 6.52. The molecule has 0 N–H and O–H groups in total. The van der Waals surface area contributed by atoms with E-state index >= 15 is 0 Å². The lowest BCUT2D eigenvalue weighted by molar-refractivity contribution is 1.07. The van der Waals surface area contributed by atoms with E-state index in [0.717, 1.165) is 13.0 Å². The van der Waals surface area contributed by atoms with Gasteiger partial charge in [-0.15, -0.1) is 0 Å². The van der Waals surface area contributed by atoms with Crippen LogP contribution in [0.1, 0.15) is 27.2 Å². The van der Waals surface area contributed by atoms with Crippen LogP contribution in [0, 0.1) is 0 Å². The predicted molar refractivity (Wildman–Crippen MR) is 43.1 cm³/mol. The van der Waals surface area contributed by atoms with Crippen molar-refractivity contribution in [1.82, 2.24) is 0 Å². The van der Waals surface area contributed by atoms with Crippen LogP contribution in [0.4, 0.5) is 0 Å². The van der Waals surface area contributed by atoms with Crippen molar-refractivity contribution >= 4 is 6.21 Å². The summed E-state index contributed by atoms with van der Waals surface area (Å²) in [4.78, 5) is 4.06. The fourth-order valence-electron chi connectivity index (χ4n) is 0.458. The minimum Gasteiger partial charge on any atom is -0.294 e. The minimum absolute atomic E-state index is 0.843. The molecular weight excluding hydrogens is 110 g/mol. The van der Waals surface area contributed by atoms with E-state index in [1.165, 1.54) is 5.57 Å². The first-order valence-electron chi connectivity index (χ1n) is 3.41. The topological polar surface area (TPSA) is 12.4 Å². The highest BCUT2D eigenvalue weighted by molar-refractivity contribution is 5.53. The molecule has 0 radical (unpaired) electrons. The highest BCUT2D eigenvalue weighted by Gasteiger charge is 1.79. The van der Waals surface area contributed by atoms with Crippen LogP contribution in [0.2, 0.25) is 0 Å². The maximum absolute atomic E-state index is 4.06. The molecule has 0 spiro atoms. The number of aliphatic imine (C=N–C) groups is 1. The second kappa shape index (κ2) is 5.54. The Hall–Kier alpha value is -0.590. The van der Waals surface area contributed by atoms with Gasteiger partial charge in [-0.05, 0) is 26.5 Å². The van der Waals surface area contributed by atoms with Gasteiger partial charge in [0.15, 0.2) is 0 Å². The summed E-state index contributed by atoms with van der Waals surface area (Å²) < 4.78 is 0. The molecule has 0 aliphatic carbocycles. The minimum atomic E-state index is 0.843. The summed E-state index contributed by atoms with van der Waals surface area (Å²) in [5, 5.41) is 0. The number of allylic oxidation sites excluding steroid dienone is 1. The number of hydrogen-bond acceptors (Lipinski definition) is 1. The van der Waals surface area contributed by atoms with E-state index < -0.39 is 0 Å². The SMILES string of the molecule is CC=NCC=C(C)CC. The lowest BCUT2D eigenvalue weighted by Crippen LogP contribution is -1.76. The summed E-state index contributed by atoms with van der Waals surface area (Å²) in [6.07, 6.45) is 5.12. The Balaban J connectivity index is 3.43. The fraction of sp³-hybridized carbons (Fsp3) is 0.625. The highest BCUT2D eigenvalue weighted by atomic mass is 14.7. The zero-order valence-electron chi connectivity index (χ0n) is 6.52. The second-order valence-electron chi connectivity index (χ2n) is 2.03. The van der Waals surface area contributed by atoms with Crippen molar-refractivity contribution in [2.45, 2.75) is 27.2 Å². The van der Waals surface area contributed by atoms with Crippen molar-refractivity contribution in [2.75, 3.05) is 6.54 Å². The van der Waals surface area contributed by atoms with Gasteiger partial charge < -0.3 is 0 Å². The van der Waals surface area contributed by atoms with Crippen LogP contribution >= 0.6 is 0 Å². The molecule has 9 heavy (non-hydrogen) atoms. The van der Waals surface area contributed by atoms with Gasteiger partial charge in [-0.3, -0.25) is 4.99 Å². The largest absolute Gasteiger partial charge is 0.294 e. The van der Waals surface area contributed by atoms with Gasteiger partial charge in [0.05, 0.1) is 6.54 Å². The predicted octanol–water partition coefficient (Wildman–Crippen LogP) is 2.43. The molecule has 0 fully saturated rings. The van der Waals surface area contributed by atoms with Crippen LogP contribution in [-0.2, 0) is 0 Å². The van der Waals surface area contributed by atoms with E-state index in [9.17, 15) is 0 Å². The van der Waals surface area contributed by atoms with Crippen molar-refractivity contribution in [2.24, 2.45) is 4.99 Å². The van der Waals surface area contributed by atoms with E-state index in [1.807, 2.05) is 13.1 Å². The van der Waals surface area contributed by atoms with Gasteiger partial charge in [-0.2, -0.15) is 0 Å². The molecule has 0 saturated heterocycles. The molecule has 0 amide bonds. The summed E-state index contributed by atoms with van der Waals surface area (Å²) in [5.74, 6) is 0. The van der Waals surface area contributed by atoms with Crippen molar-refractivity contribution in [1.29, 1.82) is 0 Å². The van der Waals surface area contributed by atoms with E-state index in [1.54, 1.807) is 0 Å². The first kappa shape index (κ1) is 8.41. The lowest BCUT2D eigenvalue weighted by Gasteiger charge is -1.90. The molecule has 0 aliphatic rings. The Morgan fingerprint density at radius 2 is 2.22 bits per heavy atom. The fourth-order valence-corrected chi connectivity index (χ4v) is 0.458. The molecule has 0 aliphatic heterocycles. The Bertz CT molecular complexity index is 112. The van der Waals surface area contributed by atoms with Crippen LogP contribution in [0.15, 0.2) is 16.6 Å². The average molecular weight is 125 g/mol. The Labute approximate surface area is 57.5 Å². The van der Waals surface area contributed by atoms with E-state index in [4.69, 9.17) is 0 Å². The first-order valence-corrected chi connectivity index (χ1v) is 3.41. The molecular formula is C8H15N. The van der Waals surface area contributed by atoms with Crippen molar-refractivity contribution < 1.29 is 0 Å². The van der Waals surface area contributed by atoms with E-state index in [-0.39, 0.29) is 0 Å². The average Bonchev–Trinajstić information content (AvgIpc) is 1.89. The smallest absolute Gasteiger partial charge is 0.0568 e. The number of nitrogens with zero attached hydrogens (tertiary/aromatic N) is 1. The van der Waals surface area contributed by atoms with Crippen LogP contribution in [0.5, 0.6) is 0 Å². The normalized spacial score (nSPS) is 13.0. The standard InChI is InChI=1S/C8H15N/c1-4-8(3)6-7-9-5-2/h5-6H,4,7H2,1-3H3. The van der Waals surface area contributed by atoms with Gasteiger partial charge in [0, 0.05) is 0 Å². The molecule has 0 saturated carbocycles. The van der Waals surface area contributed by atoms with E-state index in [0.29, 0.717) is 0 Å². The molecule has 1 nitrogen and oxygen atoms in total. The van der Waals surface area contributed by atoms with Crippen LogP contribution in [0.25, 0.3) is 0 Å². The Kier molecular flexibility index (Phi) is 5.18. The molecule has 0 atom stereocenters. The molecule has 0 aromatic carbocycles. The summed E-state index contributed by atoms with van der Waals surface area (Å²) in [6.45, 7) is 7.07. The number of hydrogen-bond donors (Lipinski definition) is 0. The first-order chi connectivity index (χ1) is 4.31. The third-order valence-corrected chi connectivity index (χ3v) is 1.29. The van der Waals surface area contributed by atoms with Crippen molar-refractivity contribution in [3.8, 4) is 0 Å². The van der Waals surface area contributed by atoms with Crippen LogP contribution in [-0.4, -0.2) is 12.8 Å². The highest BCUT2D eigenvalue weighted by Crippen LogP contribution is 1.96. The molecule has 52 valence electrons. The Morgan fingerprint density at radius 1 is 1.56 bits per heavy atom. The van der Waals surface area contributed by atoms with E-state index in [2.05, 4.69) is 24.9 Å².